The van der Waals surface area contributed by atoms with Gasteiger partial charge in [-0.3, -0.25) is 9.59 Å². The van der Waals surface area contributed by atoms with Crippen molar-refractivity contribution < 1.29 is 14.3 Å². The van der Waals surface area contributed by atoms with Gasteiger partial charge in [0.1, 0.15) is 6.04 Å². The number of rotatable bonds is 3. The number of morpholine rings is 1. The number of nitrogens with zero attached hydrogens (tertiary/aromatic N) is 1. The third-order valence-corrected chi connectivity index (χ3v) is 5.33. The molecule has 0 aliphatic carbocycles. The van der Waals surface area contributed by atoms with E-state index in [1.54, 1.807) is 0 Å². The molecule has 3 rings (SSSR count). The largest absolute Gasteiger partial charge is 0.378 e. The van der Waals surface area contributed by atoms with E-state index in [1.807, 2.05) is 24.0 Å². The number of likely N-dealkylation sites (tertiary alicyclic amines) is 1. The quantitative estimate of drug-likeness (QED) is 0.834. The van der Waals surface area contributed by atoms with E-state index in [9.17, 15) is 9.59 Å². The van der Waals surface area contributed by atoms with E-state index in [0.29, 0.717) is 26.3 Å². The van der Waals surface area contributed by atoms with Crippen molar-refractivity contribution in [3.63, 3.8) is 0 Å². The van der Waals surface area contributed by atoms with E-state index in [2.05, 4.69) is 10.6 Å². The minimum atomic E-state index is -0.219. The second-order valence-electron chi connectivity index (χ2n) is 6.06. The van der Waals surface area contributed by atoms with Crippen LogP contribution in [-0.2, 0) is 9.53 Å². The number of amides is 2. The molecule has 0 aromatic carbocycles. The first-order valence-electron chi connectivity index (χ1n) is 8.10. The van der Waals surface area contributed by atoms with Crippen molar-refractivity contribution in [2.24, 2.45) is 0 Å². The summed E-state index contributed by atoms with van der Waals surface area (Å²) in [6.45, 7) is 5.21. The van der Waals surface area contributed by atoms with Crippen LogP contribution in [0, 0.1) is 6.92 Å². The Morgan fingerprint density at radius 3 is 2.67 bits per heavy atom. The van der Waals surface area contributed by atoms with E-state index in [0.717, 1.165) is 29.1 Å². The molecule has 0 bridgehead atoms. The summed E-state index contributed by atoms with van der Waals surface area (Å²) in [4.78, 5) is 28.4. The van der Waals surface area contributed by atoms with Crippen LogP contribution in [0.3, 0.4) is 0 Å². The fraction of sp³-hybridized carbons (Fsp3) is 0.625. The predicted molar refractivity (Wildman–Crippen MR) is 96.0 cm³/mol. The fourth-order valence-electron chi connectivity index (χ4n) is 3.00. The highest BCUT2D eigenvalue weighted by Gasteiger charge is 2.30. The third-order valence-electron chi connectivity index (χ3n) is 4.33. The van der Waals surface area contributed by atoms with Gasteiger partial charge in [0.2, 0.25) is 5.91 Å². The molecule has 2 aliphatic rings. The maximum absolute atomic E-state index is 12.4. The summed E-state index contributed by atoms with van der Waals surface area (Å²) >= 11 is 1.51. The molecule has 1 aromatic rings. The Labute approximate surface area is 152 Å². The smallest absolute Gasteiger partial charge is 0.261 e. The Morgan fingerprint density at radius 1 is 1.33 bits per heavy atom. The number of thiophene rings is 1. The second-order valence-corrected chi connectivity index (χ2v) is 7.35. The highest BCUT2D eigenvalue weighted by atomic mass is 35.5. The zero-order chi connectivity index (χ0) is 16.2. The molecule has 6 nitrogen and oxygen atoms in total. The number of carbonyl (C=O) groups excluding carboxylic acids is 2. The van der Waals surface area contributed by atoms with Crippen molar-refractivity contribution in [3.05, 3.63) is 21.9 Å². The summed E-state index contributed by atoms with van der Waals surface area (Å²) in [7, 11) is 0. The van der Waals surface area contributed by atoms with Gasteiger partial charge in [-0.15, -0.1) is 23.7 Å². The maximum Gasteiger partial charge on any atom is 0.261 e. The van der Waals surface area contributed by atoms with E-state index in [4.69, 9.17) is 4.74 Å². The summed E-state index contributed by atoms with van der Waals surface area (Å²) < 4.78 is 5.35. The Hall–Kier alpha value is -1.15. The summed E-state index contributed by atoms with van der Waals surface area (Å²) in [5.74, 6) is 0.110. The Balaban J connectivity index is 0.00000208. The normalized spacial score (nSPS) is 21.9. The molecule has 2 fully saturated rings. The number of hydrogen-bond acceptors (Lipinski definition) is 5. The van der Waals surface area contributed by atoms with Crippen molar-refractivity contribution in [2.75, 3.05) is 32.8 Å². The van der Waals surface area contributed by atoms with Crippen LogP contribution in [0.4, 0.5) is 0 Å². The number of piperidine rings is 1. The number of aryl methyl sites for hydroxylation is 1. The van der Waals surface area contributed by atoms with E-state index in [1.165, 1.54) is 11.3 Å². The first-order chi connectivity index (χ1) is 11.1. The van der Waals surface area contributed by atoms with Gasteiger partial charge in [-0.25, -0.2) is 0 Å². The van der Waals surface area contributed by atoms with Crippen LogP contribution in [-0.4, -0.2) is 61.6 Å². The Morgan fingerprint density at radius 2 is 2.08 bits per heavy atom. The van der Waals surface area contributed by atoms with Gasteiger partial charge in [0.05, 0.1) is 18.1 Å². The standard InChI is InChI=1S/C16H23N3O3S.ClH/c1-11-2-3-14(23-11)15(20)18-12-4-7-19(8-5-12)16(21)13-10-22-9-6-17-13;/h2-3,12-13,17H,4-10H2,1H3,(H,18,20);1H. The van der Waals surface area contributed by atoms with E-state index in [-0.39, 0.29) is 36.3 Å². The first-order valence-corrected chi connectivity index (χ1v) is 8.92. The topological polar surface area (TPSA) is 70.7 Å². The van der Waals surface area contributed by atoms with Gasteiger partial charge >= 0.3 is 0 Å². The number of ether oxygens (including phenoxy) is 1. The van der Waals surface area contributed by atoms with Gasteiger partial charge < -0.3 is 20.3 Å². The zero-order valence-electron chi connectivity index (χ0n) is 13.7. The van der Waals surface area contributed by atoms with Gasteiger partial charge in [-0.2, -0.15) is 0 Å². The van der Waals surface area contributed by atoms with Crippen LogP contribution in [0.25, 0.3) is 0 Å². The van der Waals surface area contributed by atoms with Crippen molar-refractivity contribution in [1.29, 1.82) is 0 Å². The molecule has 24 heavy (non-hydrogen) atoms. The second kappa shape index (κ2) is 8.80. The SMILES string of the molecule is Cc1ccc(C(=O)NC2CCN(C(=O)C3COCCN3)CC2)s1.Cl. The van der Waals surface area contributed by atoms with Gasteiger partial charge in [-0.05, 0) is 31.9 Å². The molecular formula is C16H24ClN3O3S. The van der Waals surface area contributed by atoms with Crippen molar-refractivity contribution in [3.8, 4) is 0 Å². The number of hydrogen-bond donors (Lipinski definition) is 2. The lowest BCUT2D eigenvalue weighted by molar-refractivity contribution is -0.137. The molecule has 134 valence electrons. The number of nitrogens with one attached hydrogen (secondary N) is 2. The van der Waals surface area contributed by atoms with Crippen LogP contribution in [0.5, 0.6) is 0 Å². The average molecular weight is 374 g/mol. The van der Waals surface area contributed by atoms with Crippen LogP contribution in [0.15, 0.2) is 12.1 Å². The number of halogens is 1. The van der Waals surface area contributed by atoms with Gasteiger partial charge in [0.15, 0.2) is 0 Å². The van der Waals surface area contributed by atoms with Crippen molar-refractivity contribution in [1.82, 2.24) is 15.5 Å². The van der Waals surface area contributed by atoms with Gasteiger partial charge in [0.25, 0.3) is 5.91 Å². The lowest BCUT2D eigenvalue weighted by Crippen LogP contribution is -2.55. The maximum atomic E-state index is 12.4. The highest BCUT2D eigenvalue weighted by Crippen LogP contribution is 2.17. The molecular weight excluding hydrogens is 350 g/mol. The van der Waals surface area contributed by atoms with Gasteiger partial charge in [0, 0.05) is 30.6 Å². The van der Waals surface area contributed by atoms with Crippen LogP contribution < -0.4 is 10.6 Å². The van der Waals surface area contributed by atoms with E-state index >= 15 is 0 Å². The minimum absolute atomic E-state index is 0. The fourth-order valence-corrected chi connectivity index (χ4v) is 3.77. The molecule has 1 aromatic heterocycles. The highest BCUT2D eigenvalue weighted by molar-refractivity contribution is 7.13. The monoisotopic (exact) mass is 373 g/mol. The molecule has 1 unspecified atom stereocenters. The van der Waals surface area contributed by atoms with Crippen molar-refractivity contribution in [2.45, 2.75) is 31.8 Å². The first kappa shape index (κ1) is 19.2. The molecule has 2 saturated heterocycles. The molecule has 0 spiro atoms. The molecule has 8 heteroatoms. The molecule has 2 aliphatic heterocycles. The van der Waals surface area contributed by atoms with Crippen LogP contribution >= 0.6 is 23.7 Å². The summed E-state index contributed by atoms with van der Waals surface area (Å²) in [6, 6.07) is 3.75. The minimum Gasteiger partial charge on any atom is -0.378 e. The Bertz CT molecular complexity index is 567. The zero-order valence-corrected chi connectivity index (χ0v) is 15.4. The van der Waals surface area contributed by atoms with Crippen molar-refractivity contribution >= 4 is 35.6 Å². The van der Waals surface area contributed by atoms with E-state index < -0.39 is 0 Å². The van der Waals surface area contributed by atoms with Gasteiger partial charge in [-0.1, -0.05) is 0 Å². The number of carbonyl (C=O) groups is 2. The lowest BCUT2D eigenvalue weighted by atomic mass is 10.0. The molecule has 1 atom stereocenters. The summed E-state index contributed by atoms with van der Waals surface area (Å²) in [5, 5.41) is 6.28. The summed E-state index contributed by atoms with van der Waals surface area (Å²) in [5.41, 5.74) is 0. The lowest BCUT2D eigenvalue weighted by Gasteiger charge is -2.35. The predicted octanol–water partition coefficient (Wildman–Crippen LogP) is 1.19. The molecule has 3 heterocycles. The molecule has 0 saturated carbocycles. The summed E-state index contributed by atoms with van der Waals surface area (Å²) in [6.07, 6.45) is 1.60. The Kier molecular flexibility index (Phi) is 7.03. The molecule has 0 radical (unpaired) electrons. The van der Waals surface area contributed by atoms with Crippen LogP contribution in [0.1, 0.15) is 27.4 Å². The third kappa shape index (κ3) is 4.69. The molecule has 2 amide bonds. The average Bonchev–Trinajstić information content (AvgIpc) is 3.02. The van der Waals surface area contributed by atoms with Crippen LogP contribution in [0.2, 0.25) is 0 Å². The molecule has 2 N–H and O–H groups in total.